The van der Waals surface area contributed by atoms with Crippen LogP contribution in [0.3, 0.4) is 0 Å². The summed E-state index contributed by atoms with van der Waals surface area (Å²) >= 11 is 6.04. The smallest absolute Gasteiger partial charge is 0.245 e. The van der Waals surface area contributed by atoms with Gasteiger partial charge in [-0.2, -0.15) is 4.73 Å². The SMILES string of the molecule is CCCCCc1cn(OCc2cccc(Cl)c2)c(C(=O)C=O)c1CCCCC. The number of Topliss-reactive ketones (excluding diaryl/α,β-unsaturated/α-hetero) is 1. The van der Waals surface area contributed by atoms with E-state index in [0.717, 1.165) is 68.1 Å². The number of aromatic nitrogens is 1. The number of nitrogens with zero attached hydrogens (tertiary/aromatic N) is 1. The maximum absolute atomic E-state index is 12.4. The Labute approximate surface area is 172 Å². The molecule has 0 unspecified atom stereocenters. The summed E-state index contributed by atoms with van der Waals surface area (Å²) in [6, 6.07) is 7.41. The van der Waals surface area contributed by atoms with Gasteiger partial charge in [0.15, 0.2) is 6.29 Å². The van der Waals surface area contributed by atoms with Crippen molar-refractivity contribution in [3.8, 4) is 0 Å². The molecule has 0 saturated carbocycles. The topological polar surface area (TPSA) is 48.3 Å². The molecule has 0 bridgehead atoms. The lowest BCUT2D eigenvalue weighted by molar-refractivity contribution is -0.104. The first-order valence-electron chi connectivity index (χ1n) is 10.2. The molecule has 0 aliphatic heterocycles. The van der Waals surface area contributed by atoms with Crippen molar-refractivity contribution < 1.29 is 14.4 Å². The Morgan fingerprint density at radius 1 is 1.11 bits per heavy atom. The molecule has 0 N–H and O–H groups in total. The summed E-state index contributed by atoms with van der Waals surface area (Å²) in [6.45, 7) is 4.60. The Kier molecular flexibility index (Phi) is 9.29. The third-order valence-electron chi connectivity index (χ3n) is 4.85. The number of benzene rings is 1. The van der Waals surface area contributed by atoms with Crippen molar-refractivity contribution in [3.05, 3.63) is 57.9 Å². The van der Waals surface area contributed by atoms with Crippen LogP contribution >= 0.6 is 11.6 Å². The van der Waals surface area contributed by atoms with Gasteiger partial charge in [-0.15, -0.1) is 0 Å². The number of carbonyl (C=O) groups is 2. The van der Waals surface area contributed by atoms with Crippen LogP contribution < -0.4 is 4.84 Å². The van der Waals surface area contributed by atoms with Gasteiger partial charge in [0.25, 0.3) is 0 Å². The van der Waals surface area contributed by atoms with Gasteiger partial charge in [-0.1, -0.05) is 63.3 Å². The molecule has 4 nitrogen and oxygen atoms in total. The van der Waals surface area contributed by atoms with E-state index < -0.39 is 5.78 Å². The fourth-order valence-corrected chi connectivity index (χ4v) is 3.58. The Morgan fingerprint density at radius 2 is 1.82 bits per heavy atom. The highest BCUT2D eigenvalue weighted by molar-refractivity contribution is 6.33. The summed E-state index contributed by atoms with van der Waals surface area (Å²) in [5.74, 6) is -0.528. The molecule has 5 heteroatoms. The first kappa shape index (κ1) is 22.2. The van der Waals surface area contributed by atoms with Crippen molar-refractivity contribution in [2.45, 2.75) is 71.8 Å². The first-order chi connectivity index (χ1) is 13.6. The standard InChI is InChI=1S/C23H30ClNO3/c1-3-5-7-11-19-15-25(28-17-18-10-9-12-20(24)14-18)23(22(27)16-26)21(19)13-8-6-4-2/h9-10,12,14-16H,3-8,11,13,17H2,1-2H3. The van der Waals surface area contributed by atoms with E-state index in [4.69, 9.17) is 16.4 Å². The summed E-state index contributed by atoms with van der Waals surface area (Å²) in [4.78, 5) is 29.6. The van der Waals surface area contributed by atoms with Gasteiger partial charge in [-0.25, -0.2) is 0 Å². The molecule has 0 amide bonds. The molecule has 0 saturated heterocycles. The average Bonchev–Trinajstić information content (AvgIpc) is 3.04. The fourth-order valence-electron chi connectivity index (χ4n) is 3.37. The van der Waals surface area contributed by atoms with Crippen molar-refractivity contribution in [2.75, 3.05) is 0 Å². The number of hydrogen-bond donors (Lipinski definition) is 0. The molecule has 28 heavy (non-hydrogen) atoms. The second kappa shape index (κ2) is 11.7. The van der Waals surface area contributed by atoms with Gasteiger partial charge in [-0.05, 0) is 54.5 Å². The Hall–Kier alpha value is -2.07. The minimum atomic E-state index is -0.528. The van der Waals surface area contributed by atoms with Crippen molar-refractivity contribution in [2.24, 2.45) is 0 Å². The second-order valence-electron chi connectivity index (χ2n) is 7.11. The maximum atomic E-state index is 12.4. The lowest BCUT2D eigenvalue weighted by atomic mass is 9.98. The molecule has 0 fully saturated rings. The molecule has 152 valence electrons. The summed E-state index contributed by atoms with van der Waals surface area (Å²) in [5, 5.41) is 0.637. The summed E-state index contributed by atoms with van der Waals surface area (Å²) in [5.41, 5.74) is 3.36. The van der Waals surface area contributed by atoms with E-state index in [1.807, 2.05) is 24.4 Å². The molecule has 0 spiro atoms. The van der Waals surface area contributed by atoms with E-state index in [0.29, 0.717) is 17.0 Å². The summed E-state index contributed by atoms with van der Waals surface area (Å²) in [7, 11) is 0. The number of aryl methyl sites for hydroxylation is 1. The van der Waals surface area contributed by atoms with Crippen LogP contribution in [0, 0.1) is 0 Å². The molecule has 1 aromatic heterocycles. The van der Waals surface area contributed by atoms with E-state index in [-0.39, 0.29) is 6.61 Å². The van der Waals surface area contributed by atoms with Gasteiger partial charge in [0, 0.05) is 11.2 Å². The molecular formula is C23H30ClNO3. The monoisotopic (exact) mass is 403 g/mol. The van der Waals surface area contributed by atoms with Crippen LogP contribution in [0.25, 0.3) is 0 Å². The molecule has 0 aliphatic rings. The predicted molar refractivity (Wildman–Crippen MR) is 113 cm³/mol. The highest BCUT2D eigenvalue weighted by atomic mass is 35.5. The number of halogens is 1. The molecule has 2 rings (SSSR count). The Balaban J connectivity index is 2.30. The van der Waals surface area contributed by atoms with Gasteiger partial charge >= 0.3 is 0 Å². The quantitative estimate of drug-likeness (QED) is 0.189. The molecule has 0 radical (unpaired) electrons. The van der Waals surface area contributed by atoms with Gasteiger partial charge < -0.3 is 4.84 Å². The molecule has 0 atom stereocenters. The molecule has 1 aromatic carbocycles. The van der Waals surface area contributed by atoms with Crippen molar-refractivity contribution in [3.63, 3.8) is 0 Å². The van der Waals surface area contributed by atoms with E-state index in [1.54, 1.807) is 6.07 Å². The number of rotatable bonds is 13. The highest BCUT2D eigenvalue weighted by Crippen LogP contribution is 2.23. The van der Waals surface area contributed by atoms with Gasteiger partial charge in [0.2, 0.25) is 5.78 Å². The number of hydrogen-bond acceptors (Lipinski definition) is 3. The van der Waals surface area contributed by atoms with E-state index in [9.17, 15) is 9.59 Å². The van der Waals surface area contributed by atoms with Crippen molar-refractivity contribution in [1.82, 2.24) is 4.73 Å². The van der Waals surface area contributed by atoms with Crippen molar-refractivity contribution in [1.29, 1.82) is 0 Å². The Morgan fingerprint density at radius 3 is 2.46 bits per heavy atom. The minimum absolute atomic E-state index is 0.275. The van der Waals surface area contributed by atoms with Crippen molar-refractivity contribution >= 4 is 23.7 Å². The lowest BCUT2D eigenvalue weighted by Crippen LogP contribution is -2.18. The molecule has 1 heterocycles. The van der Waals surface area contributed by atoms with E-state index in [2.05, 4.69) is 13.8 Å². The zero-order chi connectivity index (χ0) is 20.4. The van der Waals surface area contributed by atoms with Crippen LogP contribution in [0.1, 0.15) is 79.6 Å². The highest BCUT2D eigenvalue weighted by Gasteiger charge is 2.22. The molecular weight excluding hydrogens is 374 g/mol. The second-order valence-corrected chi connectivity index (χ2v) is 7.54. The third-order valence-corrected chi connectivity index (χ3v) is 5.08. The van der Waals surface area contributed by atoms with Gasteiger partial charge in [0.05, 0.1) is 0 Å². The maximum Gasteiger partial charge on any atom is 0.245 e. The number of aldehydes is 1. The zero-order valence-corrected chi connectivity index (χ0v) is 17.6. The van der Waals surface area contributed by atoms with E-state index in [1.165, 1.54) is 4.73 Å². The molecule has 2 aromatic rings. The van der Waals surface area contributed by atoms with Crippen LogP contribution in [-0.4, -0.2) is 16.8 Å². The van der Waals surface area contributed by atoms with Crippen LogP contribution in [-0.2, 0) is 24.2 Å². The number of ketones is 1. The fraction of sp³-hybridized carbons (Fsp3) is 0.478. The minimum Gasteiger partial charge on any atom is -0.409 e. The third kappa shape index (κ3) is 6.23. The summed E-state index contributed by atoms with van der Waals surface area (Å²) in [6.07, 6.45) is 10.5. The van der Waals surface area contributed by atoms with Crippen LogP contribution in [0.15, 0.2) is 30.5 Å². The largest absolute Gasteiger partial charge is 0.409 e. The van der Waals surface area contributed by atoms with E-state index >= 15 is 0 Å². The zero-order valence-electron chi connectivity index (χ0n) is 16.9. The van der Waals surface area contributed by atoms with Crippen LogP contribution in [0.2, 0.25) is 5.02 Å². The average molecular weight is 404 g/mol. The summed E-state index contributed by atoms with van der Waals surface area (Å²) < 4.78 is 1.50. The number of carbonyl (C=O) groups excluding carboxylic acids is 2. The Bertz CT molecular complexity index is 782. The van der Waals surface area contributed by atoms with Crippen LogP contribution in [0.5, 0.6) is 0 Å². The van der Waals surface area contributed by atoms with Gasteiger partial charge in [-0.3, -0.25) is 9.59 Å². The predicted octanol–water partition coefficient (Wildman–Crippen LogP) is 5.62. The lowest BCUT2D eigenvalue weighted by Gasteiger charge is -2.11. The normalized spacial score (nSPS) is 10.8. The number of unbranched alkanes of at least 4 members (excludes halogenated alkanes) is 4. The van der Waals surface area contributed by atoms with Gasteiger partial charge in [0.1, 0.15) is 12.3 Å². The van der Waals surface area contributed by atoms with Crippen LogP contribution in [0.4, 0.5) is 0 Å². The first-order valence-corrected chi connectivity index (χ1v) is 10.6. The molecule has 0 aliphatic carbocycles.